The number of esters is 2. The number of nitrogens with zero attached hydrogens (tertiary/aromatic N) is 2. The van der Waals surface area contributed by atoms with Crippen molar-refractivity contribution in [1.29, 1.82) is 0 Å². The Morgan fingerprint density at radius 1 is 0.603 bits per heavy atom. The molecular formula is C57H72F6N4O11. The molecule has 0 saturated carbocycles. The van der Waals surface area contributed by atoms with Crippen molar-refractivity contribution in [1.82, 2.24) is 15.6 Å². The molecule has 0 spiro atoms. The zero-order chi connectivity index (χ0) is 57.1. The topological polar surface area (TPSA) is 216 Å². The Morgan fingerprint density at radius 2 is 1.00 bits per heavy atom. The number of ether oxygens (including phenoxy) is 4. The van der Waals surface area contributed by atoms with Crippen molar-refractivity contribution >= 4 is 45.8 Å². The summed E-state index contributed by atoms with van der Waals surface area (Å²) in [4.78, 5) is 46.7. The highest BCUT2D eigenvalue weighted by Gasteiger charge is 2.39. The lowest BCUT2D eigenvalue weighted by Gasteiger charge is -2.20. The van der Waals surface area contributed by atoms with Crippen molar-refractivity contribution in [3.8, 4) is 11.5 Å². The molecule has 15 nitrogen and oxygen atoms in total. The number of rotatable bonds is 21. The van der Waals surface area contributed by atoms with Gasteiger partial charge in [0.1, 0.15) is 22.7 Å². The van der Waals surface area contributed by atoms with Crippen molar-refractivity contribution in [2.45, 2.75) is 164 Å². The second-order valence-electron chi connectivity index (χ2n) is 19.7. The minimum absolute atomic E-state index is 0. The van der Waals surface area contributed by atoms with Gasteiger partial charge >= 0.3 is 30.3 Å². The Kier molecular flexibility index (Phi) is 24.7. The Morgan fingerprint density at radius 3 is 1.38 bits per heavy atom. The summed E-state index contributed by atoms with van der Waals surface area (Å²) in [5.41, 5.74) is 7.20. The first kappa shape index (κ1) is 65.1. The third kappa shape index (κ3) is 20.7. The predicted molar refractivity (Wildman–Crippen MR) is 282 cm³/mol. The molecule has 0 bridgehead atoms. The number of hydrogen-bond donors (Lipinski definition) is 3. The van der Waals surface area contributed by atoms with Gasteiger partial charge in [0.2, 0.25) is 5.91 Å². The van der Waals surface area contributed by atoms with Crippen LogP contribution in [-0.2, 0) is 79.8 Å². The first-order valence-electron chi connectivity index (χ1n) is 25.1. The van der Waals surface area contributed by atoms with Gasteiger partial charge in [-0.25, -0.2) is 0 Å². The number of carboxylic acids is 1. The largest absolute Gasteiger partial charge is 0.493 e. The Balaban J connectivity index is 0.000000339. The third-order valence-corrected chi connectivity index (χ3v) is 11.0. The maximum absolute atomic E-state index is 13.2. The first-order chi connectivity index (χ1) is 36.1. The number of nitrogens with two attached hydrogens (primary N) is 1. The number of carbonyl (C=O) groups is 4. The molecule has 6 rings (SSSR count). The van der Waals surface area contributed by atoms with Gasteiger partial charge in [0, 0.05) is 37.1 Å². The highest BCUT2D eigenvalue weighted by molar-refractivity contribution is 5.86. The lowest BCUT2D eigenvalue weighted by molar-refractivity contribution is -0.155. The van der Waals surface area contributed by atoms with Crippen LogP contribution in [0.25, 0.3) is 21.9 Å². The molecule has 4 N–H and O–H groups in total. The lowest BCUT2D eigenvalue weighted by atomic mass is 10.0. The van der Waals surface area contributed by atoms with Gasteiger partial charge in [0.05, 0.1) is 36.8 Å². The maximum atomic E-state index is 13.2. The maximum Gasteiger partial charge on any atom is 0.437 e. The van der Waals surface area contributed by atoms with Crippen molar-refractivity contribution < 1.29 is 78.6 Å². The molecule has 0 aliphatic carbocycles. The molecule has 0 aliphatic rings. The van der Waals surface area contributed by atoms with E-state index in [1.165, 1.54) is 24.3 Å². The third-order valence-electron chi connectivity index (χ3n) is 11.0. The lowest BCUT2D eigenvalue weighted by Crippen LogP contribution is -2.26. The fourth-order valence-corrected chi connectivity index (χ4v) is 7.73. The van der Waals surface area contributed by atoms with E-state index < -0.39 is 40.9 Å². The molecule has 0 aliphatic heterocycles. The van der Waals surface area contributed by atoms with Crippen LogP contribution >= 0.6 is 0 Å². The number of hydrogen-bond acceptors (Lipinski definition) is 13. The van der Waals surface area contributed by atoms with Gasteiger partial charge in [-0.3, -0.25) is 19.2 Å². The standard InChI is InChI=1S/C28H33F3N2O5.C15H16F3NO4.C13H19NO2.CH4/c1-5-9-20-22(14-13-21-25(20)38-33-26(21)28(29,30)31)36-15-8-12-23(34)32-17-19-11-7-6-10-18(19)16-24(35)37-27(2,3)4;1-2-4-9-11(22-8-3-5-12(20)21)7-6-10-13(9)23-19-14(10)15(16,17)18;1-13(2,3)16-12(15)8-10-6-4-5-7-11(10)9-14;/h6-7,10-11,13-14H,5,8-9,12,15-17H2,1-4H3,(H,32,34);6-7H,2-5,8H2,1H3,(H,20,21);4-7H,8-9,14H2,1-3H3;1H4. The van der Waals surface area contributed by atoms with Crippen LogP contribution in [-0.4, -0.2) is 63.7 Å². The van der Waals surface area contributed by atoms with Gasteiger partial charge in [0.15, 0.2) is 22.6 Å². The quantitative estimate of drug-likeness (QED) is 0.0347. The van der Waals surface area contributed by atoms with E-state index in [-0.39, 0.29) is 92.7 Å². The fraction of sp³-hybridized carbons (Fsp3) is 0.474. The van der Waals surface area contributed by atoms with Crippen molar-refractivity contribution in [2.75, 3.05) is 13.2 Å². The molecule has 1 amide bonds. The average Bonchev–Trinajstić information content (AvgIpc) is 3.99. The molecule has 0 fully saturated rings. The van der Waals surface area contributed by atoms with Crippen LogP contribution < -0.4 is 20.5 Å². The summed E-state index contributed by atoms with van der Waals surface area (Å²) in [7, 11) is 0. The number of aryl methyl sites for hydroxylation is 2. The highest BCUT2D eigenvalue weighted by Crippen LogP contribution is 2.40. The van der Waals surface area contributed by atoms with E-state index in [2.05, 4.69) is 15.6 Å². The van der Waals surface area contributed by atoms with E-state index in [1.54, 1.807) is 0 Å². The minimum atomic E-state index is -4.61. The number of aliphatic carboxylic acids is 1. The van der Waals surface area contributed by atoms with Gasteiger partial charge in [-0.05, 0) is 114 Å². The van der Waals surface area contributed by atoms with Gasteiger partial charge in [-0.2, -0.15) is 26.3 Å². The van der Waals surface area contributed by atoms with Crippen molar-refractivity contribution in [3.63, 3.8) is 0 Å². The molecule has 0 radical (unpaired) electrons. The fourth-order valence-electron chi connectivity index (χ4n) is 7.73. The summed E-state index contributed by atoms with van der Waals surface area (Å²) in [6.07, 6.45) is -5.64. The van der Waals surface area contributed by atoms with Crippen LogP contribution in [0.1, 0.15) is 146 Å². The number of aromatic nitrogens is 2. The number of nitrogens with one attached hydrogen (secondary N) is 1. The summed E-state index contributed by atoms with van der Waals surface area (Å²) >= 11 is 0. The number of carbonyl (C=O) groups excluding carboxylic acids is 3. The van der Waals surface area contributed by atoms with Crippen LogP contribution in [0, 0.1) is 0 Å². The number of halogens is 6. The van der Waals surface area contributed by atoms with Crippen LogP contribution in [0.2, 0.25) is 0 Å². The summed E-state index contributed by atoms with van der Waals surface area (Å²) in [6.45, 7) is 15.9. The Bertz CT molecular complexity index is 2900. The van der Waals surface area contributed by atoms with Crippen LogP contribution in [0.15, 0.2) is 81.8 Å². The second-order valence-corrected chi connectivity index (χ2v) is 19.7. The summed E-state index contributed by atoms with van der Waals surface area (Å²) in [5, 5.41) is 17.6. The molecule has 6 aromatic rings. The monoisotopic (exact) mass is 1100 g/mol. The molecule has 21 heteroatoms. The molecule has 0 unspecified atom stereocenters. The summed E-state index contributed by atoms with van der Waals surface area (Å²) in [5.74, 6) is -0.851. The van der Waals surface area contributed by atoms with E-state index in [0.717, 1.165) is 22.3 Å². The Hall–Kier alpha value is -7.16. The molecule has 2 heterocycles. The zero-order valence-corrected chi connectivity index (χ0v) is 44.6. The molecule has 0 saturated heterocycles. The zero-order valence-electron chi connectivity index (χ0n) is 44.6. The number of fused-ring (bicyclic) bond motifs is 2. The molecule has 4 aromatic carbocycles. The minimum Gasteiger partial charge on any atom is -0.493 e. The van der Waals surface area contributed by atoms with Crippen LogP contribution in [0.3, 0.4) is 0 Å². The number of benzene rings is 4. The smallest absolute Gasteiger partial charge is 0.437 e. The molecular weight excluding hydrogens is 1030 g/mol. The Labute approximate surface area is 450 Å². The van der Waals surface area contributed by atoms with E-state index in [0.29, 0.717) is 67.7 Å². The van der Waals surface area contributed by atoms with E-state index in [9.17, 15) is 45.5 Å². The molecule has 78 heavy (non-hydrogen) atoms. The SMILES string of the molecule is C.CC(C)(C)OC(=O)Cc1ccccc1CN.CCCc1c(OCCCC(=O)NCc2ccccc2CC(=O)OC(C)(C)C)ccc2c(C(F)(F)F)noc12.CCCc1c(OCCCC(=O)O)ccc2c(C(F)(F)F)noc12. The van der Waals surface area contributed by atoms with Crippen LogP contribution in [0.4, 0.5) is 26.3 Å². The molecule has 0 atom stereocenters. The number of carboxylic acid groups (broad SMARTS) is 1. The van der Waals surface area contributed by atoms with Gasteiger partial charge in [-0.1, -0.05) is 93.0 Å². The van der Waals surface area contributed by atoms with E-state index in [1.807, 2.05) is 104 Å². The van der Waals surface area contributed by atoms with Gasteiger partial charge < -0.3 is 44.2 Å². The first-order valence-corrected chi connectivity index (χ1v) is 25.1. The van der Waals surface area contributed by atoms with Gasteiger partial charge in [-0.15, -0.1) is 0 Å². The van der Waals surface area contributed by atoms with E-state index in [4.69, 9.17) is 38.8 Å². The normalized spacial score (nSPS) is 11.6. The second kappa shape index (κ2) is 29.5. The summed E-state index contributed by atoms with van der Waals surface area (Å²) < 4.78 is 110. The van der Waals surface area contributed by atoms with Crippen LogP contribution in [0.5, 0.6) is 11.5 Å². The number of alkyl halides is 6. The van der Waals surface area contributed by atoms with Crippen molar-refractivity contribution in [3.05, 3.63) is 118 Å². The van der Waals surface area contributed by atoms with Gasteiger partial charge in [0.25, 0.3) is 0 Å². The molecule has 2 aromatic heterocycles. The van der Waals surface area contributed by atoms with Crippen molar-refractivity contribution in [2.24, 2.45) is 5.73 Å². The summed E-state index contributed by atoms with van der Waals surface area (Å²) in [6, 6.07) is 20.5. The van der Waals surface area contributed by atoms with E-state index >= 15 is 0 Å². The number of amides is 1. The average molecular weight is 1100 g/mol. The molecule has 428 valence electrons. The highest BCUT2D eigenvalue weighted by atomic mass is 19.4. The predicted octanol–water partition coefficient (Wildman–Crippen LogP) is 12.9.